The second kappa shape index (κ2) is 8.40. The Bertz CT molecular complexity index is 1280. The maximum Gasteiger partial charge on any atom is 0.336 e. The Morgan fingerprint density at radius 1 is 1.00 bits per heavy atom. The summed E-state index contributed by atoms with van der Waals surface area (Å²) in [5, 5.41) is 10.2. The van der Waals surface area contributed by atoms with Gasteiger partial charge in [0.15, 0.2) is 0 Å². The number of sulfonamides is 1. The fourth-order valence-corrected chi connectivity index (χ4v) is 5.19. The maximum atomic E-state index is 12.9. The van der Waals surface area contributed by atoms with Crippen LogP contribution in [0, 0.1) is 13.8 Å². The summed E-state index contributed by atoms with van der Waals surface area (Å²) in [6, 6.07) is 11.5. The van der Waals surface area contributed by atoms with E-state index in [-0.39, 0.29) is 16.1 Å². The number of piperazine rings is 1. The van der Waals surface area contributed by atoms with Crippen LogP contribution in [-0.4, -0.2) is 62.6 Å². The normalized spacial score (nSPS) is 15.2. The lowest BCUT2D eigenvalue weighted by atomic mass is 10.1. The molecule has 2 heterocycles. The van der Waals surface area contributed by atoms with E-state index in [0.29, 0.717) is 16.7 Å². The van der Waals surface area contributed by atoms with Crippen LogP contribution in [0.5, 0.6) is 0 Å². The van der Waals surface area contributed by atoms with Gasteiger partial charge in [0.1, 0.15) is 5.82 Å². The molecule has 1 aromatic heterocycles. The fraction of sp³-hybridized carbons (Fsp3) is 0.304. The number of carboxylic acids is 1. The molecule has 1 fully saturated rings. The van der Waals surface area contributed by atoms with E-state index in [1.807, 2.05) is 19.9 Å². The van der Waals surface area contributed by atoms with Crippen molar-refractivity contribution >= 4 is 38.4 Å². The lowest BCUT2D eigenvalue weighted by Gasteiger charge is -2.33. The van der Waals surface area contributed by atoms with Crippen LogP contribution in [0.2, 0.25) is 0 Å². The zero-order valence-corrected chi connectivity index (χ0v) is 19.1. The Morgan fingerprint density at radius 3 is 2.28 bits per heavy atom. The highest BCUT2D eigenvalue weighted by atomic mass is 32.2. The highest BCUT2D eigenvalue weighted by Crippen LogP contribution is 2.28. The third kappa shape index (κ3) is 4.53. The van der Waals surface area contributed by atoms with Gasteiger partial charge in [-0.15, -0.1) is 0 Å². The first-order valence-corrected chi connectivity index (χ1v) is 11.8. The molecule has 4 rings (SSSR count). The predicted octanol–water partition coefficient (Wildman–Crippen LogP) is 3.10. The summed E-state index contributed by atoms with van der Waals surface area (Å²) >= 11 is 0. The molecule has 0 atom stereocenters. The van der Waals surface area contributed by atoms with Crippen LogP contribution >= 0.6 is 0 Å². The molecule has 8 nitrogen and oxygen atoms in total. The van der Waals surface area contributed by atoms with Gasteiger partial charge in [0.2, 0.25) is 0 Å². The van der Waals surface area contributed by atoms with Crippen LogP contribution in [0.1, 0.15) is 21.5 Å². The molecule has 0 radical (unpaired) electrons. The van der Waals surface area contributed by atoms with E-state index in [1.165, 1.54) is 6.07 Å². The van der Waals surface area contributed by atoms with Crippen molar-refractivity contribution in [2.45, 2.75) is 18.7 Å². The van der Waals surface area contributed by atoms with E-state index < -0.39 is 16.0 Å². The molecule has 168 valence electrons. The van der Waals surface area contributed by atoms with Gasteiger partial charge in [0.25, 0.3) is 10.0 Å². The molecule has 0 unspecified atom stereocenters. The van der Waals surface area contributed by atoms with Crippen molar-refractivity contribution in [2.75, 3.05) is 42.8 Å². The number of nitrogens with one attached hydrogen (secondary N) is 1. The minimum atomic E-state index is -3.82. The lowest BCUT2D eigenvalue weighted by Crippen LogP contribution is -2.44. The number of aromatic nitrogens is 1. The SMILES string of the molecule is Cc1cc(C)cc(S(=O)(=O)Nc2ccc3nc(N4CCN(C)CC4)cc(C(=O)O)c3c2)c1. The molecule has 0 aliphatic carbocycles. The standard InChI is InChI=1S/C23H26N4O4S/c1-15-10-16(2)12-18(11-15)32(30,31)25-17-4-5-21-19(13-17)20(23(28)29)14-22(24-21)27-8-6-26(3)7-9-27/h4-5,10-14,25H,6-9H2,1-3H3,(H,28,29). The topological polar surface area (TPSA) is 103 Å². The number of benzene rings is 2. The second-order valence-corrected chi connectivity index (χ2v) is 9.97. The van der Waals surface area contributed by atoms with Crippen LogP contribution in [0.4, 0.5) is 11.5 Å². The lowest BCUT2D eigenvalue weighted by molar-refractivity contribution is 0.0699. The molecule has 3 aromatic rings. The summed E-state index contributed by atoms with van der Waals surface area (Å²) < 4.78 is 28.4. The minimum absolute atomic E-state index is 0.0939. The number of hydrogen-bond acceptors (Lipinski definition) is 6. The van der Waals surface area contributed by atoms with Crippen molar-refractivity contribution in [3.8, 4) is 0 Å². The Balaban J connectivity index is 1.71. The number of carboxylic acid groups (broad SMARTS) is 1. The zero-order valence-electron chi connectivity index (χ0n) is 18.3. The van der Waals surface area contributed by atoms with E-state index >= 15 is 0 Å². The summed E-state index contributed by atoms with van der Waals surface area (Å²) in [4.78, 5) is 21.1. The smallest absolute Gasteiger partial charge is 0.336 e. The molecule has 0 bridgehead atoms. The number of nitrogens with zero attached hydrogens (tertiary/aromatic N) is 3. The van der Waals surface area contributed by atoms with Crippen LogP contribution < -0.4 is 9.62 Å². The molecule has 0 saturated carbocycles. The predicted molar refractivity (Wildman–Crippen MR) is 125 cm³/mol. The molecule has 1 aliphatic rings. The van der Waals surface area contributed by atoms with E-state index in [9.17, 15) is 18.3 Å². The quantitative estimate of drug-likeness (QED) is 0.611. The number of carbonyl (C=O) groups is 1. The third-order valence-corrected chi connectivity index (χ3v) is 6.97. The molecule has 1 saturated heterocycles. The van der Waals surface area contributed by atoms with Gasteiger partial charge in [-0.2, -0.15) is 0 Å². The van der Waals surface area contributed by atoms with E-state index in [2.05, 4.69) is 26.6 Å². The van der Waals surface area contributed by atoms with E-state index in [4.69, 9.17) is 0 Å². The molecular weight excluding hydrogens is 428 g/mol. The molecule has 0 amide bonds. The minimum Gasteiger partial charge on any atom is -0.478 e. The summed E-state index contributed by atoms with van der Waals surface area (Å²) in [7, 11) is -1.77. The zero-order chi connectivity index (χ0) is 23.0. The maximum absolute atomic E-state index is 12.9. The number of fused-ring (bicyclic) bond motifs is 1. The number of aryl methyl sites for hydroxylation is 2. The average molecular weight is 455 g/mol. The Labute approximate surface area is 187 Å². The number of aromatic carboxylic acids is 1. The van der Waals surface area contributed by atoms with Gasteiger partial charge < -0.3 is 14.9 Å². The van der Waals surface area contributed by atoms with Gasteiger partial charge in [0.05, 0.1) is 16.0 Å². The number of likely N-dealkylation sites (N-methyl/N-ethyl adjacent to an activating group) is 1. The Hall–Kier alpha value is -3.17. The van der Waals surface area contributed by atoms with Gasteiger partial charge >= 0.3 is 5.97 Å². The Kier molecular flexibility index (Phi) is 5.79. The van der Waals surface area contributed by atoms with Crippen LogP contribution in [0.25, 0.3) is 10.9 Å². The average Bonchev–Trinajstić information content (AvgIpc) is 2.72. The molecule has 2 N–H and O–H groups in total. The first-order valence-electron chi connectivity index (χ1n) is 10.3. The van der Waals surface area contributed by atoms with Crippen molar-refractivity contribution in [3.63, 3.8) is 0 Å². The van der Waals surface area contributed by atoms with Crippen LogP contribution in [0.3, 0.4) is 0 Å². The van der Waals surface area contributed by atoms with Crippen molar-refractivity contribution in [3.05, 3.63) is 59.2 Å². The van der Waals surface area contributed by atoms with E-state index in [1.54, 1.807) is 30.3 Å². The van der Waals surface area contributed by atoms with Crippen molar-refractivity contribution in [1.82, 2.24) is 9.88 Å². The highest BCUT2D eigenvalue weighted by molar-refractivity contribution is 7.92. The van der Waals surface area contributed by atoms with Crippen molar-refractivity contribution in [1.29, 1.82) is 0 Å². The first kappa shape index (κ1) is 22.0. The van der Waals surface area contributed by atoms with Gasteiger partial charge in [-0.3, -0.25) is 4.72 Å². The summed E-state index contributed by atoms with van der Waals surface area (Å²) in [6.07, 6.45) is 0. The summed E-state index contributed by atoms with van der Waals surface area (Å²) in [5.74, 6) is -0.464. The number of pyridine rings is 1. The number of anilines is 2. The molecule has 9 heteroatoms. The van der Waals surface area contributed by atoms with Gasteiger partial charge in [-0.25, -0.2) is 18.2 Å². The van der Waals surface area contributed by atoms with Crippen LogP contribution in [0.15, 0.2) is 47.4 Å². The highest BCUT2D eigenvalue weighted by Gasteiger charge is 2.21. The molecule has 2 aromatic carbocycles. The largest absolute Gasteiger partial charge is 0.478 e. The van der Waals surface area contributed by atoms with E-state index in [0.717, 1.165) is 37.3 Å². The van der Waals surface area contributed by atoms with Crippen molar-refractivity contribution in [2.24, 2.45) is 0 Å². The fourth-order valence-electron chi connectivity index (χ4n) is 3.95. The molecule has 32 heavy (non-hydrogen) atoms. The third-order valence-electron chi connectivity index (χ3n) is 5.61. The van der Waals surface area contributed by atoms with Gasteiger partial charge in [-0.05, 0) is 68.4 Å². The number of rotatable bonds is 5. The molecule has 0 spiro atoms. The number of hydrogen-bond donors (Lipinski definition) is 2. The summed E-state index contributed by atoms with van der Waals surface area (Å²) in [6.45, 7) is 6.96. The van der Waals surface area contributed by atoms with Gasteiger partial charge in [-0.1, -0.05) is 6.07 Å². The Morgan fingerprint density at radius 2 is 1.66 bits per heavy atom. The molecular formula is C23H26N4O4S. The molecule has 1 aliphatic heterocycles. The first-order chi connectivity index (χ1) is 15.1. The monoisotopic (exact) mass is 454 g/mol. The summed E-state index contributed by atoms with van der Waals surface area (Å²) in [5.41, 5.74) is 2.58. The van der Waals surface area contributed by atoms with Crippen LogP contribution in [-0.2, 0) is 10.0 Å². The van der Waals surface area contributed by atoms with Crippen molar-refractivity contribution < 1.29 is 18.3 Å². The van der Waals surface area contributed by atoms with Gasteiger partial charge in [0, 0.05) is 37.3 Å². The second-order valence-electron chi connectivity index (χ2n) is 8.28.